The van der Waals surface area contributed by atoms with Gasteiger partial charge in [0.2, 0.25) is 0 Å². The maximum atomic E-state index is 13.0. The molecule has 11 heteroatoms. The predicted octanol–water partition coefficient (Wildman–Crippen LogP) is 2.50. The summed E-state index contributed by atoms with van der Waals surface area (Å²) < 4.78 is 10.0. The molecule has 0 aliphatic heterocycles. The molecule has 0 radical (unpaired) electrons. The lowest BCUT2D eigenvalue weighted by Crippen LogP contribution is -2.32. The summed E-state index contributed by atoms with van der Waals surface area (Å²) in [5.41, 5.74) is 0.566. The van der Waals surface area contributed by atoms with Gasteiger partial charge in [-0.15, -0.1) is 11.3 Å². The van der Waals surface area contributed by atoms with E-state index < -0.39 is 4.92 Å². The molecule has 0 aliphatic carbocycles. The first-order chi connectivity index (χ1) is 15.0. The molecule has 0 bridgehead atoms. The summed E-state index contributed by atoms with van der Waals surface area (Å²) in [4.78, 5) is 41.4. The molecule has 2 rings (SSSR count). The van der Waals surface area contributed by atoms with Crippen LogP contribution in [-0.2, 0) is 16.0 Å². The number of hydrogen-bond donors (Lipinski definition) is 1. The molecule has 0 unspecified atom stereocenters. The van der Waals surface area contributed by atoms with Crippen molar-refractivity contribution < 1.29 is 24.0 Å². The molecule has 0 atom stereocenters. The topological polar surface area (TPSA) is 124 Å². The first-order valence-corrected chi connectivity index (χ1v) is 10.6. The van der Waals surface area contributed by atoms with Gasteiger partial charge in [-0.05, 0) is 25.0 Å². The van der Waals surface area contributed by atoms with Gasteiger partial charge >= 0.3 is 0 Å². The lowest BCUT2D eigenvalue weighted by molar-refractivity contribution is -0.384. The summed E-state index contributed by atoms with van der Waals surface area (Å²) in [7, 11) is 3.19. The predicted molar refractivity (Wildman–Crippen MR) is 115 cm³/mol. The third-order valence-electron chi connectivity index (χ3n) is 4.31. The highest BCUT2D eigenvalue weighted by Crippen LogP contribution is 2.17. The SMILES string of the molecule is COCCCNC(=O)c1csc(CN(CCCOC)C(=O)c2ccc([N+](=O)[O-])cc2)n1. The van der Waals surface area contributed by atoms with Crippen LogP contribution in [0, 0.1) is 10.1 Å². The van der Waals surface area contributed by atoms with Crippen molar-refractivity contribution >= 4 is 28.8 Å². The number of nitrogens with one attached hydrogen (secondary N) is 1. The number of rotatable bonds is 13. The minimum atomic E-state index is -0.512. The molecule has 0 spiro atoms. The Balaban J connectivity index is 2.06. The highest BCUT2D eigenvalue weighted by Gasteiger charge is 2.19. The van der Waals surface area contributed by atoms with Gasteiger partial charge in [-0.3, -0.25) is 19.7 Å². The highest BCUT2D eigenvalue weighted by molar-refractivity contribution is 7.09. The molecule has 0 aliphatic rings. The second-order valence-electron chi connectivity index (χ2n) is 6.61. The van der Waals surface area contributed by atoms with Crippen LogP contribution in [0.4, 0.5) is 5.69 Å². The van der Waals surface area contributed by atoms with Crippen LogP contribution < -0.4 is 5.32 Å². The van der Waals surface area contributed by atoms with E-state index in [1.54, 1.807) is 24.5 Å². The molecule has 2 amide bonds. The van der Waals surface area contributed by atoms with Gasteiger partial charge in [0.25, 0.3) is 17.5 Å². The molecule has 31 heavy (non-hydrogen) atoms. The molecular formula is C20H26N4O6S. The van der Waals surface area contributed by atoms with Crippen molar-refractivity contribution in [3.8, 4) is 0 Å². The summed E-state index contributed by atoms with van der Waals surface area (Å²) in [6.45, 7) is 2.17. The Bertz CT molecular complexity index is 871. The van der Waals surface area contributed by atoms with Crippen LogP contribution in [0.2, 0.25) is 0 Å². The molecule has 0 fully saturated rings. The second-order valence-corrected chi connectivity index (χ2v) is 7.55. The number of hydrogen-bond acceptors (Lipinski definition) is 8. The van der Waals surface area contributed by atoms with E-state index in [2.05, 4.69) is 10.3 Å². The normalized spacial score (nSPS) is 10.6. The fraction of sp³-hybridized carbons (Fsp3) is 0.450. The molecule has 2 aromatic rings. The van der Waals surface area contributed by atoms with Crippen LogP contribution in [0.3, 0.4) is 0 Å². The van der Waals surface area contributed by atoms with Crippen molar-refractivity contribution in [3.05, 3.63) is 56.0 Å². The number of nitro groups is 1. The van der Waals surface area contributed by atoms with Gasteiger partial charge in [-0.2, -0.15) is 0 Å². The van der Waals surface area contributed by atoms with Crippen molar-refractivity contribution in [1.82, 2.24) is 15.2 Å². The zero-order chi connectivity index (χ0) is 22.6. The number of non-ortho nitro benzene ring substituents is 1. The molecule has 0 saturated carbocycles. The first kappa shape index (κ1) is 24.4. The maximum Gasteiger partial charge on any atom is 0.270 e. The van der Waals surface area contributed by atoms with Crippen molar-refractivity contribution in [3.63, 3.8) is 0 Å². The Kier molecular flexibility index (Phi) is 10.0. The van der Waals surface area contributed by atoms with E-state index in [9.17, 15) is 19.7 Å². The Labute approximate surface area is 184 Å². The monoisotopic (exact) mass is 450 g/mol. The van der Waals surface area contributed by atoms with Crippen LogP contribution in [0.25, 0.3) is 0 Å². The van der Waals surface area contributed by atoms with Crippen molar-refractivity contribution in [1.29, 1.82) is 0 Å². The van der Waals surface area contributed by atoms with Crippen LogP contribution in [0.1, 0.15) is 38.7 Å². The van der Waals surface area contributed by atoms with E-state index in [0.29, 0.717) is 55.4 Å². The lowest BCUT2D eigenvalue weighted by Gasteiger charge is -2.21. The first-order valence-electron chi connectivity index (χ1n) is 9.70. The number of methoxy groups -OCH3 is 2. The maximum absolute atomic E-state index is 13.0. The van der Waals surface area contributed by atoms with Gasteiger partial charge in [-0.1, -0.05) is 0 Å². The van der Waals surface area contributed by atoms with Crippen molar-refractivity contribution in [2.45, 2.75) is 19.4 Å². The minimum absolute atomic E-state index is 0.0800. The number of carbonyl (C=O) groups excluding carboxylic acids is 2. The number of nitro benzene ring substituents is 1. The largest absolute Gasteiger partial charge is 0.385 e. The quantitative estimate of drug-likeness (QED) is 0.282. The van der Waals surface area contributed by atoms with E-state index in [1.165, 1.54) is 35.6 Å². The van der Waals surface area contributed by atoms with Gasteiger partial charge in [0, 0.05) is 63.6 Å². The third kappa shape index (κ3) is 7.70. The Morgan fingerprint density at radius 1 is 1.16 bits per heavy atom. The molecule has 1 N–H and O–H groups in total. The molecule has 10 nitrogen and oxygen atoms in total. The third-order valence-corrected chi connectivity index (χ3v) is 5.14. The summed E-state index contributed by atoms with van der Waals surface area (Å²) in [6, 6.07) is 5.47. The Morgan fingerprint density at radius 2 is 1.84 bits per heavy atom. The average molecular weight is 451 g/mol. The number of amides is 2. The number of aromatic nitrogens is 1. The number of thiazole rings is 1. The molecule has 1 aromatic heterocycles. The standard InChI is InChI=1S/C20H26N4O6S/c1-29-11-3-9-21-19(25)17-14-31-18(22-17)13-23(10-4-12-30-2)20(26)15-5-7-16(8-6-15)24(27)28/h5-8,14H,3-4,9-13H2,1-2H3,(H,21,25). The van der Waals surface area contributed by atoms with E-state index >= 15 is 0 Å². The van der Waals surface area contributed by atoms with Gasteiger partial charge in [0.1, 0.15) is 10.7 Å². The van der Waals surface area contributed by atoms with Crippen molar-refractivity contribution in [2.24, 2.45) is 0 Å². The molecular weight excluding hydrogens is 424 g/mol. The summed E-state index contributed by atoms with van der Waals surface area (Å²) in [5, 5.41) is 15.9. The molecule has 0 saturated heterocycles. The van der Waals surface area contributed by atoms with E-state index in [0.717, 1.165) is 0 Å². The molecule has 1 aromatic carbocycles. The zero-order valence-electron chi connectivity index (χ0n) is 17.5. The summed E-state index contributed by atoms with van der Waals surface area (Å²) in [6.07, 6.45) is 1.32. The number of carbonyl (C=O) groups is 2. The molecule has 1 heterocycles. The fourth-order valence-electron chi connectivity index (χ4n) is 2.72. The average Bonchev–Trinajstić information content (AvgIpc) is 3.24. The Morgan fingerprint density at radius 3 is 2.48 bits per heavy atom. The smallest absolute Gasteiger partial charge is 0.270 e. The number of nitrogens with zero attached hydrogens (tertiary/aromatic N) is 3. The Hall–Kier alpha value is -2.89. The van der Waals surface area contributed by atoms with Crippen LogP contribution >= 0.6 is 11.3 Å². The van der Waals surface area contributed by atoms with Crippen molar-refractivity contribution in [2.75, 3.05) is 40.5 Å². The fourth-order valence-corrected chi connectivity index (χ4v) is 3.51. The van der Waals surface area contributed by atoms with E-state index in [4.69, 9.17) is 9.47 Å². The summed E-state index contributed by atoms with van der Waals surface area (Å²) in [5.74, 6) is -0.544. The van der Waals surface area contributed by atoms with Crippen LogP contribution in [0.5, 0.6) is 0 Å². The highest BCUT2D eigenvalue weighted by atomic mass is 32.1. The van der Waals surface area contributed by atoms with Crippen LogP contribution in [-0.4, -0.2) is 67.1 Å². The number of ether oxygens (including phenoxy) is 2. The van der Waals surface area contributed by atoms with Gasteiger partial charge in [0.15, 0.2) is 0 Å². The summed E-state index contributed by atoms with van der Waals surface area (Å²) >= 11 is 1.30. The van der Waals surface area contributed by atoms with Gasteiger partial charge in [0.05, 0.1) is 11.5 Å². The minimum Gasteiger partial charge on any atom is -0.385 e. The lowest BCUT2D eigenvalue weighted by atomic mass is 10.1. The van der Waals surface area contributed by atoms with E-state index in [-0.39, 0.29) is 24.0 Å². The molecule has 168 valence electrons. The van der Waals surface area contributed by atoms with Gasteiger partial charge < -0.3 is 19.7 Å². The van der Waals surface area contributed by atoms with Crippen LogP contribution in [0.15, 0.2) is 29.6 Å². The second kappa shape index (κ2) is 12.7. The van der Waals surface area contributed by atoms with E-state index in [1.807, 2.05) is 0 Å². The number of benzene rings is 1. The zero-order valence-corrected chi connectivity index (χ0v) is 18.4. The van der Waals surface area contributed by atoms with Gasteiger partial charge in [-0.25, -0.2) is 4.98 Å².